The highest BCUT2D eigenvalue weighted by Crippen LogP contribution is 2.09. The fourth-order valence-electron chi connectivity index (χ4n) is 2.60. The van der Waals surface area contributed by atoms with E-state index >= 15 is 0 Å². The maximum Gasteiger partial charge on any atom is 0.261 e. The van der Waals surface area contributed by atoms with Crippen LogP contribution in [0.3, 0.4) is 0 Å². The van der Waals surface area contributed by atoms with Crippen molar-refractivity contribution < 1.29 is 0 Å². The highest BCUT2D eigenvalue weighted by Gasteiger charge is 2.06. The van der Waals surface area contributed by atoms with Crippen molar-refractivity contribution in [3.63, 3.8) is 0 Å². The summed E-state index contributed by atoms with van der Waals surface area (Å²) in [6.07, 6.45) is 12.2. The van der Waals surface area contributed by atoms with E-state index in [4.69, 9.17) is 0 Å². The first kappa shape index (κ1) is 12.9. The molecule has 4 nitrogen and oxygen atoms in total. The molecule has 0 atom stereocenters. The third-order valence-corrected chi connectivity index (χ3v) is 3.73. The molecule has 0 spiro atoms. The lowest BCUT2D eigenvalue weighted by Crippen LogP contribution is -2.24. The predicted molar refractivity (Wildman–Crippen MR) is 79.7 cm³/mol. The van der Waals surface area contributed by atoms with Gasteiger partial charge in [0, 0.05) is 31.0 Å². The normalized spacial score (nSPS) is 16.1. The second-order valence-corrected chi connectivity index (χ2v) is 5.20. The number of aromatic nitrogens is 2. The first-order valence-electron chi connectivity index (χ1n) is 7.20. The zero-order valence-electron chi connectivity index (χ0n) is 11.5. The Hall–Kier alpha value is -2.10. The van der Waals surface area contributed by atoms with E-state index in [1.165, 1.54) is 19.3 Å². The first-order chi connectivity index (χ1) is 9.84. The Morgan fingerprint density at radius 2 is 2.05 bits per heavy atom. The summed E-state index contributed by atoms with van der Waals surface area (Å²) < 4.78 is 1.60. The van der Waals surface area contributed by atoms with Gasteiger partial charge < -0.3 is 4.90 Å². The fourth-order valence-corrected chi connectivity index (χ4v) is 2.60. The van der Waals surface area contributed by atoms with Crippen LogP contribution in [0.25, 0.3) is 5.65 Å². The van der Waals surface area contributed by atoms with Gasteiger partial charge in [-0.1, -0.05) is 12.1 Å². The van der Waals surface area contributed by atoms with Crippen LogP contribution < -0.4 is 5.56 Å². The molecule has 20 heavy (non-hydrogen) atoms. The number of pyridine rings is 1. The molecule has 2 aromatic heterocycles. The van der Waals surface area contributed by atoms with Crippen LogP contribution in [0.15, 0.2) is 47.7 Å². The van der Waals surface area contributed by atoms with Crippen LogP contribution in [-0.4, -0.2) is 27.4 Å². The summed E-state index contributed by atoms with van der Waals surface area (Å²) in [5.41, 5.74) is 1.46. The number of rotatable bonds is 3. The van der Waals surface area contributed by atoms with Crippen molar-refractivity contribution in [2.24, 2.45) is 0 Å². The summed E-state index contributed by atoms with van der Waals surface area (Å²) >= 11 is 0. The van der Waals surface area contributed by atoms with Gasteiger partial charge in [0.15, 0.2) is 0 Å². The first-order valence-corrected chi connectivity index (χ1v) is 7.20. The van der Waals surface area contributed by atoms with Gasteiger partial charge in [-0.2, -0.15) is 0 Å². The highest BCUT2D eigenvalue weighted by atomic mass is 16.1. The largest absolute Gasteiger partial charge is 0.378 e. The third-order valence-electron chi connectivity index (χ3n) is 3.73. The van der Waals surface area contributed by atoms with Gasteiger partial charge in [0.25, 0.3) is 5.56 Å². The lowest BCUT2D eigenvalue weighted by atomic mass is 10.1. The van der Waals surface area contributed by atoms with Crippen LogP contribution in [0, 0.1) is 0 Å². The van der Waals surface area contributed by atoms with E-state index in [9.17, 15) is 4.79 Å². The van der Waals surface area contributed by atoms with Crippen LogP contribution in [0.5, 0.6) is 0 Å². The molecular formula is C16H19N3O. The number of hydrogen-bond donors (Lipinski definition) is 0. The summed E-state index contributed by atoms with van der Waals surface area (Å²) in [6, 6.07) is 5.58. The molecule has 104 valence electrons. The Labute approximate surface area is 118 Å². The number of fused-ring (bicyclic) bond motifs is 1. The minimum Gasteiger partial charge on any atom is -0.378 e. The Morgan fingerprint density at radius 1 is 1.20 bits per heavy atom. The lowest BCUT2D eigenvalue weighted by Gasteiger charge is -2.24. The van der Waals surface area contributed by atoms with Crippen molar-refractivity contribution in [1.29, 1.82) is 0 Å². The molecule has 0 radical (unpaired) electrons. The third kappa shape index (κ3) is 2.74. The second kappa shape index (κ2) is 5.90. The van der Waals surface area contributed by atoms with E-state index in [2.05, 4.69) is 22.2 Å². The minimum absolute atomic E-state index is 0.0268. The lowest BCUT2D eigenvalue weighted by molar-refractivity contribution is 0.309. The van der Waals surface area contributed by atoms with Crippen LogP contribution >= 0.6 is 0 Å². The maximum absolute atomic E-state index is 12.3. The Balaban J connectivity index is 1.76. The Bertz CT molecular complexity index is 669. The monoisotopic (exact) mass is 269 g/mol. The number of likely N-dealkylation sites (tertiary alicyclic amines) is 1. The summed E-state index contributed by atoms with van der Waals surface area (Å²) in [5.74, 6) is 0. The molecule has 1 fully saturated rings. The van der Waals surface area contributed by atoms with E-state index in [0.717, 1.165) is 18.7 Å². The average Bonchev–Trinajstić information content (AvgIpc) is 2.51. The van der Waals surface area contributed by atoms with Gasteiger partial charge in [-0.25, -0.2) is 4.98 Å². The Kier molecular flexibility index (Phi) is 3.81. The van der Waals surface area contributed by atoms with Crippen molar-refractivity contribution in [3.8, 4) is 0 Å². The quantitative estimate of drug-likeness (QED) is 0.857. The highest BCUT2D eigenvalue weighted by molar-refractivity contribution is 5.37. The maximum atomic E-state index is 12.3. The molecule has 1 saturated heterocycles. The van der Waals surface area contributed by atoms with Gasteiger partial charge in [-0.15, -0.1) is 0 Å². The zero-order chi connectivity index (χ0) is 13.8. The number of allylic oxidation sites excluding steroid dienone is 1. The molecule has 0 bridgehead atoms. The number of nitrogens with zero attached hydrogens (tertiary/aromatic N) is 3. The van der Waals surface area contributed by atoms with Crippen molar-refractivity contribution >= 4 is 5.65 Å². The molecule has 0 unspecified atom stereocenters. The smallest absolute Gasteiger partial charge is 0.261 e. The standard InChI is InChI=1S/C16H19N3O/c20-16-14(7-6-11-18-9-3-1-4-10-18)13-17-15-8-2-5-12-19(15)16/h2,5-6,8,11-13H,1,3-4,7,9-10H2. The van der Waals surface area contributed by atoms with E-state index in [1.54, 1.807) is 16.8 Å². The van der Waals surface area contributed by atoms with Crippen molar-refractivity contribution in [2.75, 3.05) is 13.1 Å². The molecule has 3 rings (SSSR count). The molecule has 0 aliphatic carbocycles. The Morgan fingerprint density at radius 3 is 2.90 bits per heavy atom. The van der Waals surface area contributed by atoms with E-state index in [0.29, 0.717) is 12.1 Å². The fraction of sp³-hybridized carbons (Fsp3) is 0.375. The van der Waals surface area contributed by atoms with Crippen LogP contribution in [-0.2, 0) is 6.42 Å². The van der Waals surface area contributed by atoms with Crippen molar-refractivity contribution in [1.82, 2.24) is 14.3 Å². The molecule has 3 heterocycles. The second-order valence-electron chi connectivity index (χ2n) is 5.20. The van der Waals surface area contributed by atoms with Gasteiger partial charge in [0.1, 0.15) is 5.65 Å². The summed E-state index contributed by atoms with van der Waals surface area (Å²) in [7, 11) is 0. The number of piperidine rings is 1. The van der Waals surface area contributed by atoms with Crippen molar-refractivity contribution in [2.45, 2.75) is 25.7 Å². The van der Waals surface area contributed by atoms with Gasteiger partial charge in [-0.3, -0.25) is 9.20 Å². The molecule has 1 aliphatic rings. The molecular weight excluding hydrogens is 250 g/mol. The molecule has 4 heteroatoms. The minimum atomic E-state index is 0.0268. The summed E-state index contributed by atoms with van der Waals surface area (Å²) in [4.78, 5) is 18.9. The van der Waals surface area contributed by atoms with E-state index in [1.807, 2.05) is 18.2 Å². The van der Waals surface area contributed by atoms with Crippen molar-refractivity contribution in [3.05, 3.63) is 58.8 Å². The van der Waals surface area contributed by atoms with Crippen LogP contribution in [0.2, 0.25) is 0 Å². The zero-order valence-corrected chi connectivity index (χ0v) is 11.5. The SMILES string of the molecule is O=c1c(CC=CN2CCCCC2)cnc2ccccn12. The van der Waals surface area contributed by atoms with E-state index in [-0.39, 0.29) is 5.56 Å². The molecule has 0 aromatic carbocycles. The molecule has 1 aliphatic heterocycles. The topological polar surface area (TPSA) is 37.6 Å². The van der Waals surface area contributed by atoms with Crippen LogP contribution in [0.4, 0.5) is 0 Å². The molecule has 2 aromatic rings. The van der Waals surface area contributed by atoms with Gasteiger partial charge >= 0.3 is 0 Å². The van der Waals surface area contributed by atoms with Crippen LogP contribution in [0.1, 0.15) is 24.8 Å². The summed E-state index contributed by atoms with van der Waals surface area (Å²) in [6.45, 7) is 2.26. The van der Waals surface area contributed by atoms with Gasteiger partial charge in [0.2, 0.25) is 0 Å². The number of hydrogen-bond acceptors (Lipinski definition) is 3. The average molecular weight is 269 g/mol. The van der Waals surface area contributed by atoms with E-state index < -0.39 is 0 Å². The summed E-state index contributed by atoms with van der Waals surface area (Å²) in [5, 5.41) is 0. The molecule has 0 amide bonds. The van der Waals surface area contributed by atoms with Gasteiger partial charge in [-0.05, 0) is 44.0 Å². The molecule has 0 N–H and O–H groups in total. The molecule has 0 saturated carbocycles. The van der Waals surface area contributed by atoms with Gasteiger partial charge in [0.05, 0.1) is 0 Å². The predicted octanol–water partition coefficient (Wildman–Crippen LogP) is 2.24.